The summed E-state index contributed by atoms with van der Waals surface area (Å²) in [5.41, 5.74) is -0.572. The first-order valence-corrected chi connectivity index (χ1v) is 5.96. The van der Waals surface area contributed by atoms with Crippen molar-refractivity contribution >= 4 is 5.78 Å². The van der Waals surface area contributed by atoms with E-state index in [0.29, 0.717) is 11.3 Å². The predicted octanol–water partition coefficient (Wildman–Crippen LogP) is 1.08. The molecule has 0 saturated carbocycles. The molecule has 6 nitrogen and oxygen atoms in total. The Morgan fingerprint density at radius 2 is 1.75 bits per heavy atom. The largest absolute Gasteiger partial charge is 0.440 e. The molecule has 6 heteroatoms. The molecule has 0 aliphatic carbocycles. The van der Waals surface area contributed by atoms with E-state index in [1.54, 1.807) is 24.3 Å². The third-order valence-corrected chi connectivity index (χ3v) is 2.96. The van der Waals surface area contributed by atoms with Crippen molar-refractivity contribution in [2.75, 3.05) is 0 Å². The molecule has 0 fully saturated rings. The van der Waals surface area contributed by atoms with Gasteiger partial charge in [0.1, 0.15) is 5.75 Å². The van der Waals surface area contributed by atoms with Crippen LogP contribution in [0.5, 0.6) is 11.6 Å². The number of nitrogens with zero attached hydrogens (tertiary/aromatic N) is 2. The number of aromatic nitrogens is 2. The number of ketones is 1. The smallest absolute Gasteiger partial charge is 0.333 e. The number of ether oxygens (including phenoxy) is 1. The van der Waals surface area contributed by atoms with Crippen LogP contribution in [0.1, 0.15) is 17.3 Å². The normalized spacial score (nSPS) is 10.3. The molecule has 104 valence electrons. The molecule has 0 aliphatic heterocycles. The Balaban J connectivity index is 2.54. The van der Waals surface area contributed by atoms with E-state index in [-0.39, 0.29) is 11.7 Å². The number of carbonyl (C=O) groups excluding carboxylic acids is 1. The molecule has 2 rings (SSSR count). The lowest BCUT2D eigenvalue weighted by Crippen LogP contribution is -2.36. The zero-order chi connectivity index (χ0) is 14.9. The first-order valence-electron chi connectivity index (χ1n) is 5.96. The Labute approximate surface area is 114 Å². The molecule has 1 aromatic heterocycles. The van der Waals surface area contributed by atoms with Gasteiger partial charge in [0.2, 0.25) is 5.88 Å². The third kappa shape index (κ3) is 2.40. The summed E-state index contributed by atoms with van der Waals surface area (Å²) in [7, 11) is 2.88. The third-order valence-electron chi connectivity index (χ3n) is 2.96. The van der Waals surface area contributed by atoms with Crippen LogP contribution in [0.2, 0.25) is 0 Å². The van der Waals surface area contributed by atoms with Crippen LogP contribution in [0, 0.1) is 0 Å². The molecule has 0 aliphatic rings. The van der Waals surface area contributed by atoms with Crippen molar-refractivity contribution < 1.29 is 9.53 Å². The summed E-state index contributed by atoms with van der Waals surface area (Å²) in [4.78, 5) is 34.9. The summed E-state index contributed by atoms with van der Waals surface area (Å²) >= 11 is 0. The molecule has 0 N–H and O–H groups in total. The minimum atomic E-state index is -0.493. The summed E-state index contributed by atoms with van der Waals surface area (Å²) < 4.78 is 7.73. The van der Waals surface area contributed by atoms with E-state index < -0.39 is 11.2 Å². The minimum absolute atomic E-state index is 0.0896. The van der Waals surface area contributed by atoms with Gasteiger partial charge >= 0.3 is 5.69 Å². The Hall–Kier alpha value is -2.63. The van der Waals surface area contributed by atoms with Crippen LogP contribution in [0.15, 0.2) is 39.9 Å². The second-order valence-corrected chi connectivity index (χ2v) is 4.38. The van der Waals surface area contributed by atoms with Gasteiger partial charge in [0.25, 0.3) is 5.56 Å². The van der Waals surface area contributed by atoms with Gasteiger partial charge in [-0.1, -0.05) is 12.1 Å². The summed E-state index contributed by atoms with van der Waals surface area (Å²) in [6.07, 6.45) is 0. The van der Waals surface area contributed by atoms with Crippen LogP contribution in [0.25, 0.3) is 0 Å². The Morgan fingerprint density at radius 3 is 2.40 bits per heavy atom. The van der Waals surface area contributed by atoms with Crippen LogP contribution in [-0.2, 0) is 14.1 Å². The van der Waals surface area contributed by atoms with E-state index in [0.717, 1.165) is 4.57 Å². The maximum atomic E-state index is 11.8. The molecule has 0 atom stereocenters. The van der Waals surface area contributed by atoms with E-state index in [1.165, 1.54) is 31.7 Å². The van der Waals surface area contributed by atoms with Crippen molar-refractivity contribution in [3.8, 4) is 11.6 Å². The first-order chi connectivity index (χ1) is 9.41. The maximum absolute atomic E-state index is 11.8. The number of rotatable bonds is 3. The minimum Gasteiger partial charge on any atom is -0.440 e. The highest BCUT2D eigenvalue weighted by atomic mass is 16.5. The van der Waals surface area contributed by atoms with Gasteiger partial charge in [-0.3, -0.25) is 18.7 Å². The number of carbonyl (C=O) groups is 1. The fourth-order valence-corrected chi connectivity index (χ4v) is 1.77. The maximum Gasteiger partial charge on any atom is 0.333 e. The topological polar surface area (TPSA) is 70.3 Å². The highest BCUT2D eigenvalue weighted by Crippen LogP contribution is 2.23. The predicted molar refractivity (Wildman–Crippen MR) is 73.4 cm³/mol. The van der Waals surface area contributed by atoms with Crippen molar-refractivity contribution in [2.45, 2.75) is 6.92 Å². The Kier molecular flexibility index (Phi) is 3.56. The summed E-state index contributed by atoms with van der Waals surface area (Å²) in [6, 6.07) is 7.86. The van der Waals surface area contributed by atoms with Crippen molar-refractivity contribution in [2.24, 2.45) is 14.1 Å². The van der Waals surface area contributed by atoms with Gasteiger partial charge in [0.05, 0.1) is 11.6 Å². The molecule has 0 spiro atoms. The second kappa shape index (κ2) is 5.16. The lowest BCUT2D eigenvalue weighted by Gasteiger charge is -2.12. The SMILES string of the molecule is CC(=O)c1ccccc1Oc1cc(=O)n(C)c(=O)n1C. The molecule has 20 heavy (non-hydrogen) atoms. The summed E-state index contributed by atoms with van der Waals surface area (Å²) in [6.45, 7) is 1.42. The number of para-hydroxylation sites is 1. The van der Waals surface area contributed by atoms with Crippen LogP contribution in [0.4, 0.5) is 0 Å². The second-order valence-electron chi connectivity index (χ2n) is 4.38. The van der Waals surface area contributed by atoms with Gasteiger partial charge < -0.3 is 4.74 Å². The molecule has 1 heterocycles. The number of hydrogen-bond acceptors (Lipinski definition) is 4. The van der Waals surface area contributed by atoms with Gasteiger partial charge in [0.15, 0.2) is 5.78 Å². The van der Waals surface area contributed by atoms with Gasteiger partial charge in [-0.15, -0.1) is 0 Å². The van der Waals surface area contributed by atoms with Gasteiger partial charge in [-0.25, -0.2) is 4.79 Å². The van der Waals surface area contributed by atoms with E-state index >= 15 is 0 Å². The fraction of sp³-hybridized carbons (Fsp3) is 0.214. The van der Waals surface area contributed by atoms with E-state index in [9.17, 15) is 14.4 Å². The lowest BCUT2D eigenvalue weighted by molar-refractivity contribution is 0.101. The number of Topliss-reactive ketones (excluding diaryl/α,β-unsaturated/α-hetero) is 1. The Bertz CT molecular complexity index is 786. The Morgan fingerprint density at radius 1 is 1.10 bits per heavy atom. The van der Waals surface area contributed by atoms with Crippen molar-refractivity contribution in [1.82, 2.24) is 9.13 Å². The van der Waals surface area contributed by atoms with Gasteiger partial charge in [0, 0.05) is 14.1 Å². The lowest BCUT2D eigenvalue weighted by atomic mass is 10.1. The molecular weight excluding hydrogens is 260 g/mol. The first kappa shape index (κ1) is 13.8. The van der Waals surface area contributed by atoms with Crippen molar-refractivity contribution in [3.63, 3.8) is 0 Å². The van der Waals surface area contributed by atoms with Crippen LogP contribution < -0.4 is 16.0 Å². The van der Waals surface area contributed by atoms with Gasteiger partial charge in [-0.2, -0.15) is 0 Å². The highest BCUT2D eigenvalue weighted by Gasteiger charge is 2.12. The zero-order valence-corrected chi connectivity index (χ0v) is 11.4. The molecule has 0 bridgehead atoms. The molecule has 0 amide bonds. The van der Waals surface area contributed by atoms with Gasteiger partial charge in [-0.05, 0) is 19.1 Å². The molecule has 0 radical (unpaired) electrons. The zero-order valence-electron chi connectivity index (χ0n) is 11.4. The molecule has 2 aromatic rings. The monoisotopic (exact) mass is 274 g/mol. The van der Waals surface area contributed by atoms with Crippen LogP contribution in [0.3, 0.4) is 0 Å². The standard InChI is InChI=1S/C14H14N2O4/c1-9(17)10-6-4-5-7-11(10)20-13-8-12(18)15(2)14(19)16(13)3/h4-8H,1-3H3. The van der Waals surface area contributed by atoms with Crippen LogP contribution in [-0.4, -0.2) is 14.9 Å². The van der Waals surface area contributed by atoms with E-state index in [2.05, 4.69) is 0 Å². The average Bonchev–Trinajstić information content (AvgIpc) is 2.43. The quantitative estimate of drug-likeness (QED) is 0.785. The molecular formula is C14H14N2O4. The van der Waals surface area contributed by atoms with Crippen molar-refractivity contribution in [1.29, 1.82) is 0 Å². The van der Waals surface area contributed by atoms with Crippen molar-refractivity contribution in [3.05, 3.63) is 56.7 Å². The number of benzene rings is 1. The summed E-state index contributed by atoms with van der Waals surface area (Å²) in [5, 5.41) is 0. The highest BCUT2D eigenvalue weighted by molar-refractivity contribution is 5.96. The van der Waals surface area contributed by atoms with E-state index in [4.69, 9.17) is 4.74 Å². The fourth-order valence-electron chi connectivity index (χ4n) is 1.77. The molecule has 0 unspecified atom stereocenters. The van der Waals surface area contributed by atoms with E-state index in [1.807, 2.05) is 0 Å². The summed E-state index contributed by atoms with van der Waals surface area (Å²) in [5.74, 6) is 0.240. The number of hydrogen-bond donors (Lipinski definition) is 0. The molecule has 0 saturated heterocycles. The average molecular weight is 274 g/mol. The molecule has 1 aromatic carbocycles. The van der Waals surface area contributed by atoms with Crippen LogP contribution >= 0.6 is 0 Å².